The number of ether oxygens (including phenoxy) is 1. The predicted molar refractivity (Wildman–Crippen MR) is 84.6 cm³/mol. The number of rotatable bonds is 2. The molecule has 0 unspecified atom stereocenters. The van der Waals surface area contributed by atoms with E-state index < -0.39 is 5.60 Å². The fourth-order valence-electron chi connectivity index (χ4n) is 2.64. The van der Waals surface area contributed by atoms with Crippen molar-refractivity contribution in [3.63, 3.8) is 0 Å². The summed E-state index contributed by atoms with van der Waals surface area (Å²) >= 11 is 0. The molecule has 1 fully saturated rings. The van der Waals surface area contributed by atoms with Crippen LogP contribution in [-0.2, 0) is 4.74 Å². The maximum atomic E-state index is 12.3. The molecule has 23 heavy (non-hydrogen) atoms. The average molecular weight is 315 g/mol. The van der Waals surface area contributed by atoms with E-state index in [-0.39, 0.29) is 12.1 Å². The molecule has 1 saturated heterocycles. The first-order valence-electron chi connectivity index (χ1n) is 7.83. The van der Waals surface area contributed by atoms with Crippen LogP contribution in [0.4, 0.5) is 4.79 Å². The van der Waals surface area contributed by atoms with Gasteiger partial charge in [-0.1, -0.05) is 23.4 Å². The van der Waals surface area contributed by atoms with E-state index in [2.05, 4.69) is 10.1 Å². The summed E-state index contributed by atoms with van der Waals surface area (Å²) in [6.07, 6.45) is 1.39. The smallest absolute Gasteiger partial charge is 0.410 e. The third kappa shape index (κ3) is 3.52. The summed E-state index contributed by atoms with van der Waals surface area (Å²) in [4.78, 5) is 18.5. The van der Waals surface area contributed by atoms with E-state index >= 15 is 0 Å². The molecular formula is C17H21N3O3. The van der Waals surface area contributed by atoms with Crippen LogP contribution in [0.25, 0.3) is 11.5 Å². The topological polar surface area (TPSA) is 68.5 Å². The molecule has 3 rings (SSSR count). The highest BCUT2D eigenvalue weighted by Crippen LogP contribution is 2.32. The molecule has 0 radical (unpaired) electrons. The number of carbonyl (C=O) groups excluding carboxylic acids is 1. The molecule has 1 aromatic heterocycles. The van der Waals surface area contributed by atoms with Gasteiger partial charge in [0, 0.05) is 12.1 Å². The van der Waals surface area contributed by atoms with Crippen molar-refractivity contribution < 1.29 is 14.1 Å². The second-order valence-corrected chi connectivity index (χ2v) is 6.66. The third-order valence-electron chi connectivity index (χ3n) is 3.64. The number of benzene rings is 1. The molecule has 122 valence electrons. The van der Waals surface area contributed by atoms with Gasteiger partial charge in [0.1, 0.15) is 5.60 Å². The van der Waals surface area contributed by atoms with Gasteiger partial charge in [0.2, 0.25) is 0 Å². The van der Waals surface area contributed by atoms with Crippen LogP contribution in [0.5, 0.6) is 0 Å². The maximum absolute atomic E-state index is 12.3. The van der Waals surface area contributed by atoms with Gasteiger partial charge in [0.25, 0.3) is 5.89 Å². The van der Waals surface area contributed by atoms with Gasteiger partial charge >= 0.3 is 6.09 Å². The van der Waals surface area contributed by atoms with Crippen LogP contribution in [0.15, 0.2) is 34.9 Å². The van der Waals surface area contributed by atoms with Gasteiger partial charge in [-0.25, -0.2) is 4.79 Å². The van der Waals surface area contributed by atoms with Crippen LogP contribution in [-0.4, -0.2) is 33.3 Å². The SMILES string of the molecule is CC(C)(C)OC(=O)N1CCC[C@@H]1c1noc(-c2ccccc2)n1. The van der Waals surface area contributed by atoms with Crippen molar-refractivity contribution in [1.82, 2.24) is 15.0 Å². The first kappa shape index (κ1) is 15.5. The van der Waals surface area contributed by atoms with Crippen LogP contribution < -0.4 is 0 Å². The number of nitrogens with zero attached hydrogens (tertiary/aromatic N) is 3. The Labute approximate surface area is 135 Å². The first-order valence-corrected chi connectivity index (χ1v) is 7.83. The van der Waals surface area contributed by atoms with E-state index in [1.165, 1.54) is 0 Å². The Bertz CT molecular complexity index is 676. The van der Waals surface area contributed by atoms with Crippen LogP contribution >= 0.6 is 0 Å². The number of hydrogen-bond donors (Lipinski definition) is 0. The first-order chi connectivity index (χ1) is 10.9. The Balaban J connectivity index is 1.78. The molecule has 2 heterocycles. The normalized spacial score (nSPS) is 18.2. The third-order valence-corrected chi connectivity index (χ3v) is 3.64. The molecule has 0 bridgehead atoms. The number of hydrogen-bond acceptors (Lipinski definition) is 5. The number of carbonyl (C=O) groups is 1. The minimum Gasteiger partial charge on any atom is -0.444 e. The molecule has 0 aliphatic carbocycles. The molecule has 1 aliphatic rings. The standard InChI is InChI=1S/C17H21N3O3/c1-17(2,3)22-16(21)20-11-7-10-13(20)14-18-15(23-19-14)12-8-5-4-6-9-12/h4-6,8-9,13H,7,10-11H2,1-3H3/t13-/m1/s1. The minimum atomic E-state index is -0.517. The molecule has 0 saturated carbocycles. The van der Waals surface area contributed by atoms with Crippen LogP contribution in [0.2, 0.25) is 0 Å². The lowest BCUT2D eigenvalue weighted by molar-refractivity contribution is 0.0217. The van der Waals surface area contributed by atoms with Gasteiger partial charge in [-0.3, -0.25) is 4.90 Å². The highest BCUT2D eigenvalue weighted by Gasteiger charge is 2.36. The summed E-state index contributed by atoms with van der Waals surface area (Å²) in [5.41, 5.74) is 0.351. The van der Waals surface area contributed by atoms with Gasteiger partial charge in [-0.15, -0.1) is 0 Å². The zero-order valence-electron chi connectivity index (χ0n) is 13.7. The molecule has 2 aromatic rings. The highest BCUT2D eigenvalue weighted by molar-refractivity contribution is 5.69. The van der Waals surface area contributed by atoms with Crippen molar-refractivity contribution in [3.05, 3.63) is 36.2 Å². The Morgan fingerprint density at radius 3 is 2.74 bits per heavy atom. The quantitative estimate of drug-likeness (QED) is 0.843. The molecule has 6 heteroatoms. The van der Waals surface area contributed by atoms with E-state index in [1.54, 1.807) is 4.90 Å². The monoisotopic (exact) mass is 315 g/mol. The van der Waals surface area contributed by atoms with E-state index in [0.717, 1.165) is 18.4 Å². The van der Waals surface area contributed by atoms with E-state index in [9.17, 15) is 4.79 Å². The minimum absolute atomic E-state index is 0.189. The summed E-state index contributed by atoms with van der Waals surface area (Å²) in [6, 6.07) is 9.41. The van der Waals surface area contributed by atoms with Crippen molar-refractivity contribution in [2.75, 3.05) is 6.54 Å². The molecule has 0 N–H and O–H groups in total. The van der Waals surface area contributed by atoms with Gasteiger partial charge in [0.05, 0.1) is 6.04 Å². The number of aromatic nitrogens is 2. The Morgan fingerprint density at radius 1 is 1.30 bits per heavy atom. The van der Waals surface area contributed by atoms with Gasteiger partial charge in [0.15, 0.2) is 5.82 Å². The van der Waals surface area contributed by atoms with Crippen molar-refractivity contribution in [2.24, 2.45) is 0 Å². The van der Waals surface area contributed by atoms with Crippen molar-refractivity contribution in [2.45, 2.75) is 45.3 Å². The fraction of sp³-hybridized carbons (Fsp3) is 0.471. The van der Waals surface area contributed by atoms with Gasteiger partial charge in [-0.05, 0) is 45.7 Å². The van der Waals surface area contributed by atoms with Crippen molar-refractivity contribution in [3.8, 4) is 11.5 Å². The zero-order chi connectivity index (χ0) is 16.4. The van der Waals surface area contributed by atoms with Crippen molar-refractivity contribution in [1.29, 1.82) is 0 Å². The molecular weight excluding hydrogens is 294 g/mol. The molecule has 0 spiro atoms. The molecule has 6 nitrogen and oxygen atoms in total. The van der Waals surface area contributed by atoms with Crippen molar-refractivity contribution >= 4 is 6.09 Å². The summed E-state index contributed by atoms with van der Waals surface area (Å²) in [7, 11) is 0. The van der Waals surface area contributed by atoms with E-state index in [0.29, 0.717) is 18.3 Å². The maximum Gasteiger partial charge on any atom is 0.410 e. The molecule has 1 atom stereocenters. The van der Waals surface area contributed by atoms with E-state index in [4.69, 9.17) is 9.26 Å². The summed E-state index contributed by atoms with van der Waals surface area (Å²) in [6.45, 7) is 6.22. The fourth-order valence-corrected chi connectivity index (χ4v) is 2.64. The van der Waals surface area contributed by atoms with Crippen LogP contribution in [0.3, 0.4) is 0 Å². The molecule has 1 aromatic carbocycles. The summed E-state index contributed by atoms with van der Waals surface area (Å²) < 4.78 is 10.8. The van der Waals surface area contributed by atoms with Gasteiger partial charge in [-0.2, -0.15) is 4.98 Å². The lowest BCUT2D eigenvalue weighted by Crippen LogP contribution is -2.36. The van der Waals surface area contributed by atoms with Gasteiger partial charge < -0.3 is 9.26 Å². The Morgan fingerprint density at radius 2 is 2.04 bits per heavy atom. The largest absolute Gasteiger partial charge is 0.444 e. The summed E-state index contributed by atoms with van der Waals surface area (Å²) in [5.74, 6) is 1.00. The molecule has 1 aliphatic heterocycles. The lowest BCUT2D eigenvalue weighted by Gasteiger charge is -2.27. The number of likely N-dealkylation sites (tertiary alicyclic amines) is 1. The van der Waals surface area contributed by atoms with E-state index in [1.807, 2.05) is 51.1 Å². The second kappa shape index (κ2) is 6.02. The van der Waals surface area contributed by atoms with Crippen LogP contribution in [0, 0.1) is 0 Å². The molecule has 1 amide bonds. The number of amides is 1. The lowest BCUT2D eigenvalue weighted by atomic mass is 10.2. The second-order valence-electron chi connectivity index (χ2n) is 6.66. The summed E-state index contributed by atoms with van der Waals surface area (Å²) in [5, 5.41) is 4.07. The Hall–Kier alpha value is -2.37. The predicted octanol–water partition coefficient (Wildman–Crippen LogP) is 3.81. The average Bonchev–Trinajstić information content (AvgIpc) is 3.15. The van der Waals surface area contributed by atoms with Crippen LogP contribution in [0.1, 0.15) is 45.5 Å². The highest BCUT2D eigenvalue weighted by atomic mass is 16.6. The Kier molecular flexibility index (Phi) is 4.07. The zero-order valence-corrected chi connectivity index (χ0v) is 13.7.